The van der Waals surface area contributed by atoms with E-state index in [0.717, 1.165) is 28.7 Å². The van der Waals surface area contributed by atoms with Crippen LogP contribution in [0, 0.1) is 12.7 Å². The molecule has 1 N–H and O–H groups in total. The van der Waals surface area contributed by atoms with E-state index in [0.29, 0.717) is 18.8 Å². The number of aromatic amines is 1. The van der Waals surface area contributed by atoms with Crippen LogP contribution in [-0.2, 0) is 13.0 Å². The highest BCUT2D eigenvalue weighted by atomic mass is 35.5. The van der Waals surface area contributed by atoms with Crippen LogP contribution in [0.25, 0.3) is 11.4 Å². The first kappa shape index (κ1) is 17.6. The normalized spacial score (nSPS) is 16.3. The molecule has 1 amide bonds. The van der Waals surface area contributed by atoms with Crippen molar-refractivity contribution in [3.8, 4) is 11.4 Å². The molecule has 0 fully saturated rings. The Kier molecular flexibility index (Phi) is 4.39. The number of aromatic nitrogens is 4. The number of nitrogens with zero attached hydrogens (tertiary/aromatic N) is 4. The zero-order chi connectivity index (χ0) is 19.1. The number of H-pyrrole nitrogens is 1. The number of amides is 1. The van der Waals surface area contributed by atoms with Crippen LogP contribution in [0.15, 0.2) is 30.5 Å². The summed E-state index contributed by atoms with van der Waals surface area (Å²) in [5.41, 5.74) is 3.73. The van der Waals surface area contributed by atoms with Gasteiger partial charge in [-0.15, -0.1) is 0 Å². The van der Waals surface area contributed by atoms with E-state index in [2.05, 4.69) is 20.2 Å². The zero-order valence-electron chi connectivity index (χ0n) is 14.8. The largest absolute Gasteiger partial charge is 0.330 e. The lowest BCUT2D eigenvalue weighted by Crippen LogP contribution is -2.43. The molecule has 27 heavy (non-hydrogen) atoms. The molecule has 0 spiro atoms. The predicted molar refractivity (Wildman–Crippen MR) is 98.8 cm³/mol. The third-order valence-electron chi connectivity index (χ3n) is 4.73. The summed E-state index contributed by atoms with van der Waals surface area (Å²) in [6, 6.07) is 5.59. The first-order chi connectivity index (χ1) is 12.9. The summed E-state index contributed by atoms with van der Waals surface area (Å²) in [6.07, 6.45) is 2.28. The van der Waals surface area contributed by atoms with Crippen molar-refractivity contribution < 1.29 is 9.18 Å². The maximum Gasteiger partial charge on any atom is 0.255 e. The van der Waals surface area contributed by atoms with E-state index in [1.54, 1.807) is 11.1 Å². The van der Waals surface area contributed by atoms with Gasteiger partial charge in [-0.3, -0.25) is 9.89 Å². The van der Waals surface area contributed by atoms with Crippen LogP contribution in [0.5, 0.6) is 0 Å². The summed E-state index contributed by atoms with van der Waals surface area (Å²) < 4.78 is 13.3. The van der Waals surface area contributed by atoms with Crippen LogP contribution in [-0.4, -0.2) is 37.0 Å². The van der Waals surface area contributed by atoms with E-state index in [4.69, 9.17) is 11.6 Å². The van der Waals surface area contributed by atoms with Crippen molar-refractivity contribution in [3.63, 3.8) is 0 Å². The Balaban J connectivity index is 1.72. The highest BCUT2D eigenvalue weighted by molar-refractivity contribution is 6.33. The number of carbonyl (C=O) groups excluding carboxylic acids is 1. The Morgan fingerprint density at radius 2 is 2.15 bits per heavy atom. The maximum atomic E-state index is 13.3. The Morgan fingerprint density at radius 1 is 1.33 bits per heavy atom. The quantitative estimate of drug-likeness (QED) is 0.732. The summed E-state index contributed by atoms with van der Waals surface area (Å²) in [4.78, 5) is 23.8. The van der Waals surface area contributed by atoms with Crippen molar-refractivity contribution >= 4 is 17.5 Å². The minimum Gasteiger partial charge on any atom is -0.330 e. The molecule has 1 atom stereocenters. The number of carbonyl (C=O) groups is 1. The fourth-order valence-corrected chi connectivity index (χ4v) is 3.67. The van der Waals surface area contributed by atoms with Crippen LogP contribution in [0.2, 0.25) is 5.02 Å². The van der Waals surface area contributed by atoms with E-state index in [-0.39, 0.29) is 22.5 Å². The lowest BCUT2D eigenvalue weighted by Gasteiger charge is -2.35. The van der Waals surface area contributed by atoms with Crippen molar-refractivity contribution in [1.29, 1.82) is 0 Å². The number of hydrogen-bond acceptors (Lipinski definition) is 4. The molecule has 0 bridgehead atoms. The van der Waals surface area contributed by atoms with Crippen LogP contribution in [0.1, 0.15) is 34.4 Å². The molecule has 0 aliphatic carbocycles. The number of fused-ring (bicyclic) bond motifs is 1. The second-order valence-electron chi connectivity index (χ2n) is 6.63. The molecule has 0 saturated heterocycles. The van der Waals surface area contributed by atoms with Crippen LogP contribution in [0.4, 0.5) is 4.39 Å². The van der Waals surface area contributed by atoms with Gasteiger partial charge in [-0.05, 0) is 44.5 Å². The van der Waals surface area contributed by atoms with Gasteiger partial charge in [0.05, 0.1) is 34.2 Å². The van der Waals surface area contributed by atoms with Gasteiger partial charge in [0.25, 0.3) is 5.91 Å². The number of hydrogen-bond donors (Lipinski definition) is 1. The van der Waals surface area contributed by atoms with Crippen molar-refractivity contribution in [2.24, 2.45) is 0 Å². The predicted octanol–water partition coefficient (Wildman–Crippen LogP) is 3.55. The van der Waals surface area contributed by atoms with Crippen molar-refractivity contribution in [1.82, 2.24) is 25.1 Å². The molecule has 4 rings (SSSR count). The molecular formula is C19H17ClFN5O. The van der Waals surface area contributed by atoms with Gasteiger partial charge in [0.15, 0.2) is 0 Å². The molecule has 1 aliphatic heterocycles. The van der Waals surface area contributed by atoms with Crippen LogP contribution < -0.4 is 0 Å². The Labute approximate surface area is 160 Å². The van der Waals surface area contributed by atoms with E-state index in [9.17, 15) is 9.18 Å². The Morgan fingerprint density at radius 3 is 2.85 bits per heavy atom. The molecule has 8 heteroatoms. The summed E-state index contributed by atoms with van der Waals surface area (Å²) >= 11 is 6.09. The second-order valence-corrected chi connectivity index (χ2v) is 7.03. The van der Waals surface area contributed by atoms with Crippen LogP contribution in [0.3, 0.4) is 0 Å². The Hall–Kier alpha value is -2.80. The highest BCUT2D eigenvalue weighted by Crippen LogP contribution is 2.31. The summed E-state index contributed by atoms with van der Waals surface area (Å²) in [5.74, 6) is -0.0845. The number of rotatable bonds is 2. The summed E-state index contributed by atoms with van der Waals surface area (Å²) in [5, 5.41) is 7.05. The first-order valence-corrected chi connectivity index (χ1v) is 8.94. The monoisotopic (exact) mass is 385 g/mol. The van der Waals surface area contributed by atoms with Gasteiger partial charge in [0, 0.05) is 17.8 Å². The van der Waals surface area contributed by atoms with Gasteiger partial charge >= 0.3 is 0 Å². The number of nitrogens with one attached hydrogen (secondary N) is 1. The highest BCUT2D eigenvalue weighted by Gasteiger charge is 2.32. The fraction of sp³-hybridized carbons (Fsp3) is 0.263. The molecule has 0 saturated carbocycles. The second kappa shape index (κ2) is 6.74. The molecule has 3 aromatic rings. The summed E-state index contributed by atoms with van der Waals surface area (Å²) in [7, 11) is 0. The molecule has 6 nitrogen and oxygen atoms in total. The van der Waals surface area contributed by atoms with Gasteiger partial charge in [-0.2, -0.15) is 5.10 Å². The zero-order valence-corrected chi connectivity index (χ0v) is 15.6. The van der Waals surface area contributed by atoms with Crippen molar-refractivity contribution in [2.45, 2.75) is 32.9 Å². The van der Waals surface area contributed by atoms with Crippen molar-refractivity contribution in [3.05, 3.63) is 63.9 Å². The lowest BCUT2D eigenvalue weighted by molar-refractivity contribution is 0.0654. The SMILES string of the molecule is Cc1nc2c(c(-c3ccn[nH]3)n1)CC(C)N(C(=O)c1ccc(F)cc1Cl)C2. The number of benzene rings is 1. The van der Waals surface area contributed by atoms with Crippen LogP contribution >= 0.6 is 11.6 Å². The van der Waals surface area contributed by atoms with Gasteiger partial charge < -0.3 is 4.90 Å². The molecule has 2 aromatic heterocycles. The molecule has 0 radical (unpaired) electrons. The maximum absolute atomic E-state index is 13.3. The minimum absolute atomic E-state index is 0.0842. The molecule has 138 valence electrons. The smallest absolute Gasteiger partial charge is 0.255 e. The average molecular weight is 386 g/mol. The minimum atomic E-state index is -0.471. The van der Waals surface area contributed by atoms with Gasteiger partial charge in [-0.1, -0.05) is 11.6 Å². The van der Waals surface area contributed by atoms with E-state index >= 15 is 0 Å². The third-order valence-corrected chi connectivity index (χ3v) is 5.05. The fourth-order valence-electron chi connectivity index (χ4n) is 3.42. The standard InChI is InChI=1S/C19H17ClFN5O/c1-10-7-14-17(23-11(2)24-18(14)16-5-6-22-25-16)9-26(10)19(27)13-4-3-12(21)8-15(13)20/h3-6,8,10H,7,9H2,1-2H3,(H,22,25). The molecular weight excluding hydrogens is 369 g/mol. The van der Waals surface area contributed by atoms with E-state index in [1.165, 1.54) is 12.1 Å². The van der Waals surface area contributed by atoms with Gasteiger partial charge in [0.1, 0.15) is 11.6 Å². The van der Waals surface area contributed by atoms with E-state index in [1.807, 2.05) is 19.9 Å². The van der Waals surface area contributed by atoms with Gasteiger partial charge in [-0.25, -0.2) is 14.4 Å². The topological polar surface area (TPSA) is 74.8 Å². The van der Waals surface area contributed by atoms with Crippen molar-refractivity contribution in [2.75, 3.05) is 0 Å². The molecule has 1 unspecified atom stereocenters. The number of aryl methyl sites for hydroxylation is 1. The average Bonchev–Trinajstić information content (AvgIpc) is 3.15. The summed E-state index contributed by atoms with van der Waals surface area (Å²) in [6.45, 7) is 4.13. The lowest BCUT2D eigenvalue weighted by atomic mass is 9.95. The van der Waals surface area contributed by atoms with E-state index < -0.39 is 5.82 Å². The molecule has 1 aromatic carbocycles. The number of halogens is 2. The Bertz CT molecular complexity index is 1020. The third kappa shape index (κ3) is 3.19. The van der Waals surface area contributed by atoms with Gasteiger partial charge in [0.2, 0.25) is 0 Å². The molecule has 3 heterocycles. The first-order valence-electron chi connectivity index (χ1n) is 8.56. The molecule has 1 aliphatic rings.